The van der Waals surface area contributed by atoms with Crippen LogP contribution in [-0.2, 0) is 14.8 Å². The summed E-state index contributed by atoms with van der Waals surface area (Å²) in [6.45, 7) is 6.02. The molecule has 1 saturated heterocycles. The van der Waals surface area contributed by atoms with E-state index in [1.165, 1.54) is 12.1 Å². The fourth-order valence-corrected chi connectivity index (χ4v) is 3.86. The lowest BCUT2D eigenvalue weighted by atomic mass is 10.1. The zero-order valence-electron chi connectivity index (χ0n) is 18.1. The molecule has 2 unspecified atom stereocenters. The molecule has 1 heterocycles. The average Bonchev–Trinajstić information content (AvgIpc) is 2.73. The van der Waals surface area contributed by atoms with Gasteiger partial charge in [0.25, 0.3) is 0 Å². The van der Waals surface area contributed by atoms with Gasteiger partial charge in [-0.05, 0) is 57.4 Å². The summed E-state index contributed by atoms with van der Waals surface area (Å²) in [4.78, 5) is 4.43. The van der Waals surface area contributed by atoms with Gasteiger partial charge in [0.15, 0.2) is 5.96 Å². The highest BCUT2D eigenvalue weighted by Gasteiger charge is 2.17. The minimum atomic E-state index is -3.40. The lowest BCUT2D eigenvalue weighted by Gasteiger charge is -2.22. The number of benzene rings is 1. The number of aliphatic imine (C=N–C) groups is 1. The molecule has 0 aliphatic carbocycles. The minimum absolute atomic E-state index is 0. The molecule has 11 heteroatoms. The van der Waals surface area contributed by atoms with Crippen molar-refractivity contribution in [3.05, 3.63) is 30.1 Å². The first kappa shape index (κ1) is 27.9. The highest BCUT2D eigenvalue weighted by atomic mass is 127. The summed E-state index contributed by atoms with van der Waals surface area (Å²) < 4.78 is 51.2. The summed E-state index contributed by atoms with van der Waals surface area (Å²) in [5, 5.41) is 6.10. The number of ether oxygens (including phenoxy) is 2. The molecule has 1 aliphatic rings. The maximum absolute atomic E-state index is 13.0. The van der Waals surface area contributed by atoms with Crippen LogP contribution in [0.25, 0.3) is 0 Å². The number of guanidine groups is 1. The Hall–Kier alpha value is -1.18. The van der Waals surface area contributed by atoms with Crippen LogP contribution in [0, 0.1) is 5.82 Å². The van der Waals surface area contributed by atoms with Crippen molar-refractivity contribution in [1.29, 1.82) is 0 Å². The summed E-state index contributed by atoms with van der Waals surface area (Å²) in [7, 11) is -3.40. The van der Waals surface area contributed by atoms with E-state index in [1.807, 2.05) is 13.8 Å². The van der Waals surface area contributed by atoms with E-state index in [2.05, 4.69) is 20.3 Å². The van der Waals surface area contributed by atoms with Crippen molar-refractivity contribution in [3.63, 3.8) is 0 Å². The Balaban J connectivity index is 0.00000480. The predicted octanol–water partition coefficient (Wildman–Crippen LogP) is 2.25. The maximum atomic E-state index is 13.0. The van der Waals surface area contributed by atoms with Crippen LogP contribution in [0.2, 0.25) is 0 Å². The number of nitrogens with zero attached hydrogens (tertiary/aromatic N) is 1. The topological polar surface area (TPSA) is 101 Å². The number of halogens is 2. The fourth-order valence-electron chi connectivity index (χ4n) is 2.91. The van der Waals surface area contributed by atoms with Gasteiger partial charge in [-0.1, -0.05) is 0 Å². The first-order chi connectivity index (χ1) is 14.4. The van der Waals surface area contributed by atoms with E-state index in [0.29, 0.717) is 38.0 Å². The average molecular weight is 572 g/mol. The zero-order chi connectivity index (χ0) is 21.8. The third kappa shape index (κ3) is 11.9. The summed E-state index contributed by atoms with van der Waals surface area (Å²) in [6, 6.07) is 5.81. The van der Waals surface area contributed by atoms with Gasteiger partial charge in [-0.2, -0.15) is 0 Å². The van der Waals surface area contributed by atoms with Crippen LogP contribution in [-0.4, -0.2) is 65.1 Å². The first-order valence-electron chi connectivity index (χ1n) is 10.4. The van der Waals surface area contributed by atoms with Gasteiger partial charge in [-0.3, -0.25) is 0 Å². The highest BCUT2D eigenvalue weighted by molar-refractivity contribution is 14.0. The molecule has 0 aromatic heterocycles. The Bertz CT molecular complexity index is 759. The third-order valence-corrected chi connectivity index (χ3v) is 5.82. The molecule has 2 rings (SSSR count). The zero-order valence-corrected chi connectivity index (χ0v) is 21.2. The standard InChI is InChI=1S/C20H33FN4O4S.HI/c1-3-22-20(24-14-16(2)29-18-9-7-17(21)8-10-18)23-11-13-30(26,27)25-15-19-6-4-5-12-28-19;/h7-10,16,19,25H,3-6,11-15H2,1-2H3,(H2,22,23,24);1H. The second kappa shape index (κ2) is 14.8. The van der Waals surface area contributed by atoms with Gasteiger partial charge in [0, 0.05) is 26.2 Å². The predicted molar refractivity (Wildman–Crippen MR) is 131 cm³/mol. The van der Waals surface area contributed by atoms with E-state index in [1.54, 1.807) is 12.1 Å². The van der Waals surface area contributed by atoms with Crippen molar-refractivity contribution in [2.75, 3.05) is 38.5 Å². The van der Waals surface area contributed by atoms with E-state index < -0.39 is 10.0 Å². The molecule has 2 atom stereocenters. The van der Waals surface area contributed by atoms with Crippen molar-refractivity contribution in [2.45, 2.75) is 45.3 Å². The van der Waals surface area contributed by atoms with Crippen LogP contribution in [0.1, 0.15) is 33.1 Å². The quantitative estimate of drug-likeness (QED) is 0.214. The van der Waals surface area contributed by atoms with Crippen molar-refractivity contribution in [2.24, 2.45) is 4.99 Å². The molecule has 31 heavy (non-hydrogen) atoms. The Morgan fingerprint density at radius 3 is 2.68 bits per heavy atom. The van der Waals surface area contributed by atoms with E-state index in [4.69, 9.17) is 9.47 Å². The number of sulfonamides is 1. The number of hydrogen-bond donors (Lipinski definition) is 3. The number of rotatable bonds is 11. The van der Waals surface area contributed by atoms with Gasteiger partial charge in [-0.25, -0.2) is 22.5 Å². The molecule has 3 N–H and O–H groups in total. The molecule has 1 aliphatic heterocycles. The van der Waals surface area contributed by atoms with E-state index in [9.17, 15) is 12.8 Å². The molecule has 0 radical (unpaired) electrons. The molecule has 1 aromatic carbocycles. The van der Waals surface area contributed by atoms with Gasteiger partial charge in [0.1, 0.15) is 17.7 Å². The smallest absolute Gasteiger partial charge is 0.213 e. The molecule has 1 aromatic rings. The Kier molecular flexibility index (Phi) is 13.3. The first-order valence-corrected chi connectivity index (χ1v) is 12.1. The maximum Gasteiger partial charge on any atom is 0.213 e. The number of hydrogen-bond acceptors (Lipinski definition) is 5. The van der Waals surface area contributed by atoms with E-state index in [-0.39, 0.29) is 54.3 Å². The second-order valence-corrected chi connectivity index (χ2v) is 9.11. The Morgan fingerprint density at radius 2 is 2.03 bits per heavy atom. The van der Waals surface area contributed by atoms with Gasteiger partial charge in [0.05, 0.1) is 18.4 Å². The lowest BCUT2D eigenvalue weighted by molar-refractivity contribution is 0.0200. The molecular formula is C20H34FIN4O4S. The van der Waals surface area contributed by atoms with E-state index >= 15 is 0 Å². The van der Waals surface area contributed by atoms with Crippen LogP contribution >= 0.6 is 24.0 Å². The SMILES string of the molecule is CCNC(=NCC(C)Oc1ccc(F)cc1)NCCS(=O)(=O)NCC1CCCCO1.I. The highest BCUT2D eigenvalue weighted by Crippen LogP contribution is 2.13. The normalized spacial score (nSPS) is 18.0. The minimum Gasteiger partial charge on any atom is -0.489 e. The molecule has 0 saturated carbocycles. The third-order valence-electron chi connectivity index (χ3n) is 4.47. The van der Waals surface area contributed by atoms with Crippen LogP contribution < -0.4 is 20.1 Å². The summed E-state index contributed by atoms with van der Waals surface area (Å²) in [5.74, 6) is 0.697. The lowest BCUT2D eigenvalue weighted by Crippen LogP contribution is -2.43. The molecule has 0 amide bonds. The second-order valence-electron chi connectivity index (χ2n) is 7.18. The fraction of sp³-hybridized carbons (Fsp3) is 0.650. The molecule has 0 spiro atoms. The molecule has 0 bridgehead atoms. The van der Waals surface area contributed by atoms with Crippen LogP contribution in [0.5, 0.6) is 5.75 Å². The van der Waals surface area contributed by atoms with Crippen molar-refractivity contribution in [3.8, 4) is 5.75 Å². The molecule has 178 valence electrons. The molecule has 8 nitrogen and oxygen atoms in total. The van der Waals surface area contributed by atoms with Crippen LogP contribution in [0.3, 0.4) is 0 Å². The Labute approximate surface area is 201 Å². The summed E-state index contributed by atoms with van der Waals surface area (Å²) in [5.41, 5.74) is 0. The van der Waals surface area contributed by atoms with Crippen molar-refractivity contribution in [1.82, 2.24) is 15.4 Å². The summed E-state index contributed by atoms with van der Waals surface area (Å²) in [6.07, 6.45) is 2.72. The number of nitrogens with one attached hydrogen (secondary N) is 3. The molecular weight excluding hydrogens is 538 g/mol. The Morgan fingerprint density at radius 1 is 1.29 bits per heavy atom. The van der Waals surface area contributed by atoms with Gasteiger partial charge in [0.2, 0.25) is 10.0 Å². The molecule has 1 fully saturated rings. The van der Waals surface area contributed by atoms with Gasteiger partial charge in [-0.15, -0.1) is 24.0 Å². The monoisotopic (exact) mass is 572 g/mol. The largest absolute Gasteiger partial charge is 0.489 e. The van der Waals surface area contributed by atoms with Crippen LogP contribution in [0.15, 0.2) is 29.3 Å². The van der Waals surface area contributed by atoms with Gasteiger partial charge < -0.3 is 20.1 Å². The van der Waals surface area contributed by atoms with Crippen molar-refractivity contribution < 1.29 is 22.3 Å². The van der Waals surface area contributed by atoms with Crippen molar-refractivity contribution >= 4 is 40.0 Å². The van der Waals surface area contributed by atoms with Gasteiger partial charge >= 0.3 is 0 Å². The van der Waals surface area contributed by atoms with E-state index in [0.717, 1.165) is 19.3 Å². The summed E-state index contributed by atoms with van der Waals surface area (Å²) >= 11 is 0. The van der Waals surface area contributed by atoms with Crippen LogP contribution in [0.4, 0.5) is 4.39 Å².